The Kier molecular flexibility index (Phi) is 1.87. The van der Waals surface area contributed by atoms with Crippen molar-refractivity contribution < 1.29 is 5.11 Å². The van der Waals surface area contributed by atoms with Crippen molar-refractivity contribution in [3.05, 3.63) is 24.0 Å². The molecule has 0 amide bonds. The second-order valence-corrected chi connectivity index (χ2v) is 2.20. The van der Waals surface area contributed by atoms with Crippen LogP contribution in [-0.4, -0.2) is 10.1 Å². The van der Waals surface area contributed by atoms with Gasteiger partial charge in [-0.25, -0.2) is 0 Å². The van der Waals surface area contributed by atoms with Crippen LogP contribution in [0, 0.1) is 0 Å². The smallest absolute Gasteiger partial charge is 0.138 e. The molecule has 0 saturated carbocycles. The molecule has 0 aliphatic rings. The molecule has 0 unspecified atom stereocenters. The van der Waals surface area contributed by atoms with Gasteiger partial charge in [-0.1, -0.05) is 0 Å². The first kappa shape index (κ1) is 7.02. The molecule has 0 saturated heterocycles. The molecular weight excluding hydrogens is 128 g/mol. The van der Waals surface area contributed by atoms with E-state index in [1.54, 1.807) is 25.3 Å². The van der Waals surface area contributed by atoms with E-state index in [-0.39, 0.29) is 11.8 Å². The zero-order chi connectivity index (χ0) is 7.56. The zero-order valence-corrected chi connectivity index (χ0v) is 5.78. The third-order valence-electron chi connectivity index (χ3n) is 1.25. The van der Waals surface area contributed by atoms with Gasteiger partial charge >= 0.3 is 0 Å². The molecule has 10 heavy (non-hydrogen) atoms. The Bertz CT molecular complexity index is 223. The van der Waals surface area contributed by atoms with E-state index in [1.807, 2.05) is 0 Å². The lowest BCUT2D eigenvalue weighted by atomic mass is 10.2. The maximum absolute atomic E-state index is 9.14. The number of hydrogen-bond acceptors (Lipinski definition) is 3. The molecule has 0 aromatic carbocycles. The van der Waals surface area contributed by atoms with Gasteiger partial charge in [0.25, 0.3) is 0 Å². The molecule has 1 atom stereocenters. The summed E-state index contributed by atoms with van der Waals surface area (Å²) in [5.41, 5.74) is 6.04. The predicted octanol–water partition coefficient (Wildman–Crippen LogP) is 0.807. The fourth-order valence-corrected chi connectivity index (χ4v) is 0.760. The van der Waals surface area contributed by atoms with Crippen molar-refractivity contribution in [2.75, 3.05) is 0 Å². The Morgan fingerprint density at radius 3 is 2.80 bits per heavy atom. The molecule has 0 aliphatic carbocycles. The fourth-order valence-electron chi connectivity index (χ4n) is 0.760. The highest BCUT2D eigenvalue weighted by molar-refractivity contribution is 5.26. The third-order valence-corrected chi connectivity index (χ3v) is 1.25. The number of pyridine rings is 1. The van der Waals surface area contributed by atoms with E-state index in [2.05, 4.69) is 4.98 Å². The van der Waals surface area contributed by atoms with Gasteiger partial charge in [-0.3, -0.25) is 4.98 Å². The first-order valence-electron chi connectivity index (χ1n) is 3.11. The Morgan fingerprint density at radius 2 is 2.40 bits per heavy atom. The monoisotopic (exact) mass is 138 g/mol. The molecule has 3 N–H and O–H groups in total. The number of nitrogens with two attached hydrogens (primary N) is 1. The van der Waals surface area contributed by atoms with E-state index >= 15 is 0 Å². The molecule has 1 aromatic rings. The summed E-state index contributed by atoms with van der Waals surface area (Å²) in [4.78, 5) is 3.90. The van der Waals surface area contributed by atoms with E-state index in [0.717, 1.165) is 0 Å². The minimum atomic E-state index is -0.207. The lowest BCUT2D eigenvalue weighted by Crippen LogP contribution is -2.06. The Labute approximate surface area is 59.5 Å². The summed E-state index contributed by atoms with van der Waals surface area (Å²) in [5, 5.41) is 9.14. The van der Waals surface area contributed by atoms with Gasteiger partial charge in [0, 0.05) is 12.2 Å². The van der Waals surface area contributed by atoms with Crippen molar-refractivity contribution in [1.82, 2.24) is 4.98 Å². The number of aromatic nitrogens is 1. The van der Waals surface area contributed by atoms with E-state index in [1.165, 1.54) is 0 Å². The van der Waals surface area contributed by atoms with Crippen LogP contribution < -0.4 is 5.73 Å². The molecule has 1 rings (SSSR count). The molecule has 0 spiro atoms. The van der Waals surface area contributed by atoms with Gasteiger partial charge in [0.15, 0.2) is 0 Å². The van der Waals surface area contributed by atoms with Gasteiger partial charge in [-0.2, -0.15) is 0 Å². The van der Waals surface area contributed by atoms with Crippen LogP contribution >= 0.6 is 0 Å². The molecule has 0 aliphatic heterocycles. The molecule has 0 bridgehead atoms. The lowest BCUT2D eigenvalue weighted by molar-refractivity contribution is 0.458. The van der Waals surface area contributed by atoms with Crippen molar-refractivity contribution in [2.24, 2.45) is 5.73 Å². The molecule has 0 fully saturated rings. The molecule has 1 aromatic heterocycles. The first-order valence-corrected chi connectivity index (χ1v) is 3.11. The van der Waals surface area contributed by atoms with Crippen LogP contribution in [0.2, 0.25) is 0 Å². The van der Waals surface area contributed by atoms with Gasteiger partial charge in [-0.05, 0) is 19.1 Å². The van der Waals surface area contributed by atoms with Crippen molar-refractivity contribution in [1.29, 1.82) is 0 Å². The SMILES string of the molecule is C[C@H](N)c1ncccc1O. The maximum Gasteiger partial charge on any atom is 0.138 e. The maximum atomic E-state index is 9.14. The van der Waals surface area contributed by atoms with Crippen LogP contribution in [0.4, 0.5) is 0 Å². The summed E-state index contributed by atoms with van der Waals surface area (Å²) in [6, 6.07) is 3.04. The van der Waals surface area contributed by atoms with E-state index in [9.17, 15) is 0 Å². The highest BCUT2D eigenvalue weighted by Crippen LogP contribution is 2.17. The lowest BCUT2D eigenvalue weighted by Gasteiger charge is -2.04. The summed E-state index contributed by atoms with van der Waals surface area (Å²) in [6.45, 7) is 1.78. The van der Waals surface area contributed by atoms with Gasteiger partial charge in [0.1, 0.15) is 5.75 Å². The van der Waals surface area contributed by atoms with E-state index in [4.69, 9.17) is 10.8 Å². The normalized spacial score (nSPS) is 13.0. The van der Waals surface area contributed by atoms with Crippen LogP contribution in [0.25, 0.3) is 0 Å². The van der Waals surface area contributed by atoms with Gasteiger partial charge in [-0.15, -0.1) is 0 Å². The molecule has 3 nitrogen and oxygen atoms in total. The van der Waals surface area contributed by atoms with Crippen molar-refractivity contribution >= 4 is 0 Å². The largest absolute Gasteiger partial charge is 0.506 e. The summed E-state index contributed by atoms with van der Waals surface area (Å²) in [7, 11) is 0. The van der Waals surface area contributed by atoms with Crippen LogP contribution in [-0.2, 0) is 0 Å². The molecule has 3 heteroatoms. The quantitative estimate of drug-likeness (QED) is 0.603. The standard InChI is InChI=1S/C7H10N2O/c1-5(8)7-6(10)3-2-4-9-7/h2-5,10H,8H2,1H3/t5-/m0/s1. The van der Waals surface area contributed by atoms with Crippen LogP contribution in [0.1, 0.15) is 18.7 Å². The van der Waals surface area contributed by atoms with Crippen molar-refractivity contribution in [2.45, 2.75) is 13.0 Å². The second kappa shape index (κ2) is 2.66. The molecule has 1 heterocycles. The summed E-state index contributed by atoms with van der Waals surface area (Å²) in [6.07, 6.45) is 1.61. The molecular formula is C7H10N2O. The second-order valence-electron chi connectivity index (χ2n) is 2.20. The highest BCUT2D eigenvalue weighted by atomic mass is 16.3. The highest BCUT2D eigenvalue weighted by Gasteiger charge is 2.04. The fraction of sp³-hybridized carbons (Fsp3) is 0.286. The Morgan fingerprint density at radius 1 is 1.70 bits per heavy atom. The number of aromatic hydroxyl groups is 1. The van der Waals surface area contributed by atoms with Crippen LogP contribution in [0.3, 0.4) is 0 Å². The van der Waals surface area contributed by atoms with Crippen molar-refractivity contribution in [3.63, 3.8) is 0 Å². The minimum Gasteiger partial charge on any atom is -0.506 e. The number of nitrogens with zero attached hydrogens (tertiary/aromatic N) is 1. The first-order chi connectivity index (χ1) is 4.72. The van der Waals surface area contributed by atoms with Gasteiger partial charge in [0.2, 0.25) is 0 Å². The molecule has 54 valence electrons. The Balaban J connectivity index is 3.03. The average molecular weight is 138 g/mol. The molecule has 0 radical (unpaired) electrons. The van der Waals surface area contributed by atoms with Crippen molar-refractivity contribution in [3.8, 4) is 5.75 Å². The predicted molar refractivity (Wildman–Crippen MR) is 38.5 cm³/mol. The Hall–Kier alpha value is -1.09. The summed E-state index contributed by atoms with van der Waals surface area (Å²) >= 11 is 0. The summed E-state index contributed by atoms with van der Waals surface area (Å²) < 4.78 is 0. The number of rotatable bonds is 1. The topological polar surface area (TPSA) is 59.1 Å². The van der Waals surface area contributed by atoms with Gasteiger partial charge in [0.05, 0.1) is 5.69 Å². The van der Waals surface area contributed by atoms with Gasteiger partial charge < -0.3 is 10.8 Å². The third kappa shape index (κ3) is 1.25. The van der Waals surface area contributed by atoms with E-state index < -0.39 is 0 Å². The van der Waals surface area contributed by atoms with Crippen LogP contribution in [0.5, 0.6) is 5.75 Å². The average Bonchev–Trinajstić information content (AvgIpc) is 1.88. The zero-order valence-electron chi connectivity index (χ0n) is 5.78. The number of hydrogen-bond donors (Lipinski definition) is 2. The minimum absolute atomic E-state index is 0.164. The van der Waals surface area contributed by atoms with Crippen LogP contribution in [0.15, 0.2) is 18.3 Å². The van der Waals surface area contributed by atoms with E-state index in [0.29, 0.717) is 5.69 Å². The summed E-state index contributed by atoms with van der Waals surface area (Å²) in [5.74, 6) is 0.164.